The third-order valence-corrected chi connectivity index (χ3v) is 2.94. The van der Waals surface area contributed by atoms with E-state index in [2.05, 4.69) is 11.8 Å². The van der Waals surface area contributed by atoms with Crippen molar-refractivity contribution in [2.24, 2.45) is 0 Å². The molecular formula is C7H6NO2PS. The van der Waals surface area contributed by atoms with E-state index in [1.807, 2.05) is 6.07 Å². The van der Waals surface area contributed by atoms with Crippen molar-refractivity contribution in [3.05, 3.63) is 29.8 Å². The molecule has 0 amide bonds. The number of nitriles is 1. The average molecular weight is 199 g/mol. The summed E-state index contributed by atoms with van der Waals surface area (Å²) in [5.74, 6) is 0. The van der Waals surface area contributed by atoms with Crippen LogP contribution in [0.2, 0.25) is 0 Å². The minimum atomic E-state index is -3.32. The summed E-state index contributed by atoms with van der Waals surface area (Å²) in [6.45, 7) is -3.32. The number of rotatable bonds is 1. The highest BCUT2D eigenvalue weighted by atomic mass is 32.5. The third kappa shape index (κ3) is 2.13. The summed E-state index contributed by atoms with van der Waals surface area (Å²) in [5.41, 5.74) is 0.474. The van der Waals surface area contributed by atoms with Gasteiger partial charge in [-0.1, -0.05) is 0 Å². The maximum atomic E-state index is 9.05. The number of hydrogen-bond acceptors (Lipinski definition) is 2. The lowest BCUT2D eigenvalue weighted by Crippen LogP contribution is -2.02. The zero-order valence-corrected chi connectivity index (χ0v) is 7.72. The molecule has 0 unspecified atom stereocenters. The Morgan fingerprint density at radius 3 is 2.08 bits per heavy atom. The molecule has 62 valence electrons. The number of nitrogens with zero attached hydrogens (tertiary/aromatic N) is 1. The first-order chi connectivity index (χ1) is 5.54. The van der Waals surface area contributed by atoms with E-state index in [-0.39, 0.29) is 0 Å². The minimum absolute atomic E-state index is 0.302. The molecular weight excluding hydrogens is 193 g/mol. The lowest BCUT2D eigenvalue weighted by Gasteiger charge is -2.05. The molecule has 0 fully saturated rings. The molecule has 0 saturated heterocycles. The molecule has 0 spiro atoms. The highest BCUT2D eigenvalue weighted by molar-refractivity contribution is 8.12. The molecule has 0 radical (unpaired) electrons. The van der Waals surface area contributed by atoms with Gasteiger partial charge in [0.1, 0.15) is 0 Å². The predicted octanol–water partition coefficient (Wildman–Crippen LogP) is 0.478. The van der Waals surface area contributed by atoms with Crippen LogP contribution in [0.1, 0.15) is 5.56 Å². The lowest BCUT2D eigenvalue weighted by atomic mass is 10.2. The van der Waals surface area contributed by atoms with Crippen molar-refractivity contribution in [3.63, 3.8) is 0 Å². The minimum Gasteiger partial charge on any atom is -0.342 e. The summed E-state index contributed by atoms with van der Waals surface area (Å²) < 4.78 is 0. The molecule has 3 nitrogen and oxygen atoms in total. The van der Waals surface area contributed by atoms with Crippen molar-refractivity contribution in [1.82, 2.24) is 0 Å². The van der Waals surface area contributed by atoms with Gasteiger partial charge in [-0.3, -0.25) is 0 Å². The van der Waals surface area contributed by atoms with Crippen LogP contribution >= 0.6 is 6.49 Å². The standard InChI is InChI=1S/C7H6NO2PS/c8-5-6-1-3-7(4-2-6)11(9,10)12/h1-4H,(H2,9,10,12). The molecule has 5 heteroatoms. The molecule has 0 aromatic heterocycles. The van der Waals surface area contributed by atoms with Crippen LogP contribution in [0, 0.1) is 11.3 Å². The van der Waals surface area contributed by atoms with Gasteiger partial charge >= 0.3 is 0 Å². The van der Waals surface area contributed by atoms with E-state index in [1.165, 1.54) is 24.3 Å². The van der Waals surface area contributed by atoms with Gasteiger partial charge in [0, 0.05) is 5.30 Å². The van der Waals surface area contributed by atoms with Crippen molar-refractivity contribution < 1.29 is 9.79 Å². The van der Waals surface area contributed by atoms with Crippen LogP contribution in [-0.2, 0) is 11.8 Å². The first kappa shape index (κ1) is 9.37. The van der Waals surface area contributed by atoms with Crippen molar-refractivity contribution in [1.29, 1.82) is 5.26 Å². The summed E-state index contributed by atoms with van der Waals surface area (Å²) in [6, 6.07) is 7.84. The van der Waals surface area contributed by atoms with Crippen LogP contribution < -0.4 is 5.30 Å². The quantitative estimate of drug-likeness (QED) is 0.645. The number of benzene rings is 1. The molecule has 1 aromatic carbocycles. The molecule has 2 N–H and O–H groups in total. The summed E-state index contributed by atoms with van der Waals surface area (Å²) in [6.07, 6.45) is 0. The molecule has 1 aromatic rings. The van der Waals surface area contributed by atoms with Gasteiger partial charge < -0.3 is 9.79 Å². The number of hydrogen-bond donors (Lipinski definition) is 2. The van der Waals surface area contributed by atoms with Crippen LogP contribution in [-0.4, -0.2) is 9.79 Å². The molecule has 12 heavy (non-hydrogen) atoms. The predicted molar refractivity (Wildman–Crippen MR) is 49.5 cm³/mol. The van der Waals surface area contributed by atoms with E-state index in [4.69, 9.17) is 15.0 Å². The van der Waals surface area contributed by atoms with Gasteiger partial charge in [-0.25, -0.2) is 0 Å². The van der Waals surface area contributed by atoms with Gasteiger partial charge in [-0.15, -0.1) is 0 Å². The van der Waals surface area contributed by atoms with Gasteiger partial charge in [0.2, 0.25) is 6.49 Å². The van der Waals surface area contributed by atoms with Crippen LogP contribution in [0.25, 0.3) is 0 Å². The van der Waals surface area contributed by atoms with E-state index < -0.39 is 6.49 Å². The zero-order chi connectivity index (χ0) is 9.19. The molecule has 1 rings (SSSR count). The van der Waals surface area contributed by atoms with Gasteiger partial charge in [0.05, 0.1) is 11.6 Å². The average Bonchev–Trinajstić information content (AvgIpc) is 2.03. The highest BCUT2D eigenvalue weighted by Gasteiger charge is 2.10. The molecule has 0 aliphatic rings. The van der Waals surface area contributed by atoms with E-state index in [1.54, 1.807) is 0 Å². The Balaban J connectivity index is 3.11. The zero-order valence-electron chi connectivity index (χ0n) is 6.01. The van der Waals surface area contributed by atoms with Crippen LogP contribution in [0.3, 0.4) is 0 Å². The Morgan fingerprint density at radius 1 is 1.25 bits per heavy atom. The second kappa shape index (κ2) is 3.34. The second-order valence-electron chi connectivity index (χ2n) is 2.20. The summed E-state index contributed by atoms with van der Waals surface area (Å²) >= 11 is 4.47. The van der Waals surface area contributed by atoms with Crippen molar-refractivity contribution in [3.8, 4) is 6.07 Å². The Hall–Kier alpha value is -0.720. The van der Waals surface area contributed by atoms with E-state index in [0.29, 0.717) is 10.9 Å². The summed E-state index contributed by atoms with van der Waals surface area (Å²) in [4.78, 5) is 18.1. The SMILES string of the molecule is N#Cc1ccc(P(O)(O)=S)cc1. The Labute approximate surface area is 75.1 Å². The fraction of sp³-hybridized carbons (Fsp3) is 0. The van der Waals surface area contributed by atoms with Crippen LogP contribution in [0.4, 0.5) is 0 Å². The van der Waals surface area contributed by atoms with E-state index >= 15 is 0 Å². The van der Waals surface area contributed by atoms with Crippen molar-refractivity contribution in [2.75, 3.05) is 0 Å². The van der Waals surface area contributed by atoms with E-state index in [0.717, 1.165) is 0 Å². The molecule has 0 aliphatic heterocycles. The first-order valence-electron chi connectivity index (χ1n) is 3.10. The Morgan fingerprint density at radius 2 is 1.75 bits per heavy atom. The highest BCUT2D eigenvalue weighted by Crippen LogP contribution is 2.33. The van der Waals surface area contributed by atoms with Gasteiger partial charge in [0.15, 0.2) is 0 Å². The first-order valence-corrected chi connectivity index (χ1v) is 5.81. The molecule has 0 saturated carbocycles. The second-order valence-corrected chi connectivity index (χ2v) is 5.33. The molecule has 0 heterocycles. The normalized spacial score (nSPS) is 10.8. The van der Waals surface area contributed by atoms with Crippen molar-refractivity contribution >= 4 is 23.6 Å². The van der Waals surface area contributed by atoms with Crippen molar-refractivity contribution in [2.45, 2.75) is 0 Å². The summed E-state index contributed by atoms with van der Waals surface area (Å²) in [7, 11) is 0. The smallest absolute Gasteiger partial charge is 0.214 e. The maximum absolute atomic E-state index is 9.05. The fourth-order valence-electron chi connectivity index (χ4n) is 0.730. The van der Waals surface area contributed by atoms with Crippen LogP contribution in [0.15, 0.2) is 24.3 Å². The van der Waals surface area contributed by atoms with E-state index in [9.17, 15) is 0 Å². The largest absolute Gasteiger partial charge is 0.342 e. The Kier molecular flexibility index (Phi) is 2.61. The maximum Gasteiger partial charge on any atom is 0.214 e. The van der Waals surface area contributed by atoms with Crippen LogP contribution in [0.5, 0.6) is 0 Å². The monoisotopic (exact) mass is 199 g/mol. The fourth-order valence-corrected chi connectivity index (χ4v) is 1.63. The molecule has 0 aliphatic carbocycles. The summed E-state index contributed by atoms with van der Waals surface area (Å²) in [5, 5.41) is 8.74. The Bertz CT molecular complexity index is 362. The molecule has 0 atom stereocenters. The topological polar surface area (TPSA) is 64.2 Å². The van der Waals surface area contributed by atoms with Gasteiger partial charge in [0.25, 0.3) is 0 Å². The lowest BCUT2D eigenvalue weighted by molar-refractivity contribution is 0.493. The van der Waals surface area contributed by atoms with Gasteiger partial charge in [-0.2, -0.15) is 5.26 Å². The molecule has 0 bridgehead atoms. The van der Waals surface area contributed by atoms with Gasteiger partial charge in [-0.05, 0) is 36.1 Å². The third-order valence-electron chi connectivity index (χ3n) is 1.33.